The summed E-state index contributed by atoms with van der Waals surface area (Å²) in [6.45, 7) is 2.55. The summed E-state index contributed by atoms with van der Waals surface area (Å²) < 4.78 is 37.4. The van der Waals surface area contributed by atoms with Crippen molar-refractivity contribution in [1.82, 2.24) is 10.1 Å². The molecule has 43 heavy (non-hydrogen) atoms. The van der Waals surface area contributed by atoms with Gasteiger partial charge in [-0.25, -0.2) is 13.6 Å². The van der Waals surface area contributed by atoms with Crippen LogP contribution in [0.1, 0.15) is 23.4 Å². The van der Waals surface area contributed by atoms with E-state index in [1.807, 2.05) is 67.5 Å². The van der Waals surface area contributed by atoms with Crippen LogP contribution in [-0.4, -0.2) is 70.7 Å². The van der Waals surface area contributed by atoms with Gasteiger partial charge in [0, 0.05) is 30.3 Å². The highest BCUT2D eigenvalue weighted by atomic mass is 32.2. The molecule has 2 heterocycles. The van der Waals surface area contributed by atoms with E-state index in [1.165, 1.54) is 6.92 Å². The standard InChI is InChI=1S/C22H26N2O4S.C8H8N2O3S/c1-15(25)28-20-21(16-9-11-17(27-4)12-10-16)29-19-8-6-5-7-18(19)24(22(20)26)14-13-23(2)3;9-14(11,12)5-7-6-3-1-2-4-8(6)13-10-7/h5-12,20-21H,13-14H2,1-4H3;1-4H,5H2,(H2,9,11,12)/t20-,21+;/m1./s1. The molecule has 5 rings (SSSR count). The van der Waals surface area contributed by atoms with Gasteiger partial charge >= 0.3 is 5.97 Å². The molecule has 3 aromatic carbocycles. The Morgan fingerprint density at radius 1 is 1.07 bits per heavy atom. The number of amides is 1. The summed E-state index contributed by atoms with van der Waals surface area (Å²) in [5.41, 5.74) is 2.66. The van der Waals surface area contributed by atoms with Crippen LogP contribution in [0.4, 0.5) is 5.69 Å². The van der Waals surface area contributed by atoms with Crippen LogP contribution in [0, 0.1) is 0 Å². The number of fused-ring (bicyclic) bond motifs is 2. The van der Waals surface area contributed by atoms with Crippen LogP contribution < -0.4 is 14.8 Å². The van der Waals surface area contributed by atoms with Gasteiger partial charge in [-0.2, -0.15) is 0 Å². The van der Waals surface area contributed by atoms with Gasteiger partial charge in [-0.05, 0) is 56.1 Å². The molecule has 1 amide bonds. The van der Waals surface area contributed by atoms with Crippen molar-refractivity contribution in [2.24, 2.45) is 5.14 Å². The van der Waals surface area contributed by atoms with Crippen LogP contribution in [0.3, 0.4) is 0 Å². The average Bonchev–Trinajstić information content (AvgIpc) is 3.32. The predicted octanol–water partition coefficient (Wildman–Crippen LogP) is 3.98. The molecule has 1 aliphatic heterocycles. The molecule has 0 spiro atoms. The maximum Gasteiger partial charge on any atom is 0.303 e. The van der Waals surface area contributed by atoms with E-state index in [-0.39, 0.29) is 16.9 Å². The van der Waals surface area contributed by atoms with Gasteiger partial charge in [0.2, 0.25) is 10.0 Å². The fourth-order valence-electron chi connectivity index (χ4n) is 4.47. The number of para-hydroxylation sites is 2. The van der Waals surface area contributed by atoms with Crippen molar-refractivity contribution in [3.63, 3.8) is 0 Å². The summed E-state index contributed by atoms with van der Waals surface area (Å²) in [6, 6.07) is 22.4. The van der Waals surface area contributed by atoms with Crippen molar-refractivity contribution in [3.8, 4) is 5.75 Å². The lowest BCUT2D eigenvalue weighted by Crippen LogP contribution is -2.45. The first-order chi connectivity index (χ1) is 20.5. The van der Waals surface area contributed by atoms with Gasteiger partial charge in [0.05, 0.1) is 18.0 Å². The zero-order valence-corrected chi connectivity index (χ0v) is 25.9. The molecule has 0 saturated carbocycles. The van der Waals surface area contributed by atoms with E-state index < -0.39 is 22.1 Å². The smallest absolute Gasteiger partial charge is 0.303 e. The molecule has 11 nitrogen and oxygen atoms in total. The Morgan fingerprint density at radius 3 is 2.40 bits per heavy atom. The predicted molar refractivity (Wildman–Crippen MR) is 165 cm³/mol. The van der Waals surface area contributed by atoms with Crippen molar-refractivity contribution in [2.45, 2.75) is 28.9 Å². The lowest BCUT2D eigenvalue weighted by molar-refractivity contribution is -0.152. The van der Waals surface area contributed by atoms with Crippen molar-refractivity contribution >= 4 is 50.3 Å². The molecule has 4 aromatic rings. The quantitative estimate of drug-likeness (QED) is 0.285. The molecule has 0 saturated heterocycles. The maximum atomic E-state index is 13.6. The lowest BCUT2D eigenvalue weighted by atomic mass is 10.1. The van der Waals surface area contributed by atoms with Gasteiger partial charge in [-0.1, -0.05) is 41.6 Å². The Labute approximate surface area is 255 Å². The number of carbonyl (C=O) groups is 2. The van der Waals surface area contributed by atoms with Crippen LogP contribution in [0.2, 0.25) is 0 Å². The number of nitrogens with two attached hydrogens (primary N) is 1. The molecule has 0 radical (unpaired) electrons. The number of ether oxygens (including phenoxy) is 2. The zero-order valence-electron chi connectivity index (χ0n) is 24.3. The SMILES string of the molecule is COc1ccc([C@@H]2Sc3ccccc3N(CCN(C)C)C(=O)[C@@H]2OC(C)=O)cc1.NS(=O)(=O)Cc1noc2ccccc12. The molecule has 228 valence electrons. The molecule has 0 aliphatic carbocycles. The number of hydrogen-bond donors (Lipinski definition) is 1. The number of aromatic nitrogens is 1. The third kappa shape index (κ3) is 8.35. The Morgan fingerprint density at radius 2 is 1.74 bits per heavy atom. The Bertz CT molecular complexity index is 1670. The van der Waals surface area contributed by atoms with Crippen molar-refractivity contribution < 1.29 is 32.0 Å². The topological polar surface area (TPSA) is 145 Å². The molecule has 1 aromatic heterocycles. The Balaban J connectivity index is 0.000000251. The van der Waals surface area contributed by atoms with Crippen LogP contribution in [0.5, 0.6) is 5.75 Å². The summed E-state index contributed by atoms with van der Waals surface area (Å²) >= 11 is 1.54. The second kappa shape index (κ2) is 14.0. The second-order valence-corrected chi connectivity index (χ2v) is 12.8. The Kier molecular flexibility index (Phi) is 10.5. The number of rotatable bonds is 8. The van der Waals surface area contributed by atoms with E-state index in [1.54, 1.807) is 48.0 Å². The second-order valence-electron chi connectivity index (χ2n) is 10.0. The largest absolute Gasteiger partial charge is 0.497 e. The monoisotopic (exact) mass is 626 g/mol. The van der Waals surface area contributed by atoms with Crippen molar-refractivity contribution in [3.05, 3.63) is 84.1 Å². The zero-order chi connectivity index (χ0) is 31.1. The number of esters is 1. The molecule has 0 unspecified atom stereocenters. The molecule has 1 aliphatic rings. The molecule has 0 fully saturated rings. The summed E-state index contributed by atoms with van der Waals surface area (Å²) in [5, 5.41) is 8.88. The summed E-state index contributed by atoms with van der Waals surface area (Å²) in [5.74, 6) is -0.249. The van der Waals surface area contributed by atoms with E-state index in [4.69, 9.17) is 19.1 Å². The van der Waals surface area contributed by atoms with E-state index in [9.17, 15) is 18.0 Å². The minimum Gasteiger partial charge on any atom is -0.497 e. The Hall–Kier alpha value is -3.91. The molecule has 0 bridgehead atoms. The van der Waals surface area contributed by atoms with Crippen LogP contribution in [0.25, 0.3) is 11.0 Å². The maximum absolute atomic E-state index is 13.6. The summed E-state index contributed by atoms with van der Waals surface area (Å²) in [6.07, 6.45) is -0.916. The number of benzene rings is 3. The highest BCUT2D eigenvalue weighted by molar-refractivity contribution is 7.99. The highest BCUT2D eigenvalue weighted by Crippen LogP contribution is 2.46. The minimum absolute atomic E-state index is 0.208. The number of methoxy groups -OCH3 is 1. The third-order valence-corrected chi connectivity index (χ3v) is 8.54. The van der Waals surface area contributed by atoms with Crippen molar-refractivity contribution in [2.75, 3.05) is 39.2 Å². The first kappa shape index (κ1) is 32.0. The van der Waals surface area contributed by atoms with Crippen molar-refractivity contribution in [1.29, 1.82) is 0 Å². The molecular formula is C30H34N4O7S2. The van der Waals surface area contributed by atoms with Gasteiger partial charge in [0.15, 0.2) is 11.7 Å². The lowest BCUT2D eigenvalue weighted by Gasteiger charge is -2.28. The van der Waals surface area contributed by atoms with Gasteiger partial charge in [0.25, 0.3) is 5.91 Å². The van der Waals surface area contributed by atoms with Crippen LogP contribution in [0.15, 0.2) is 82.2 Å². The fourth-order valence-corrected chi connectivity index (χ4v) is 6.38. The van der Waals surface area contributed by atoms with Gasteiger partial charge < -0.3 is 23.8 Å². The number of primary sulfonamides is 1. The fraction of sp³-hybridized carbons (Fsp3) is 0.300. The van der Waals surface area contributed by atoms with E-state index in [2.05, 4.69) is 5.16 Å². The molecular weight excluding hydrogens is 592 g/mol. The van der Waals surface area contributed by atoms with Crippen LogP contribution >= 0.6 is 11.8 Å². The molecule has 2 atom stereocenters. The minimum atomic E-state index is -3.56. The number of thioether (sulfide) groups is 1. The number of nitrogens with zero attached hydrogens (tertiary/aromatic N) is 3. The first-order valence-corrected chi connectivity index (χ1v) is 15.9. The van der Waals surface area contributed by atoms with E-state index >= 15 is 0 Å². The number of hydrogen-bond acceptors (Lipinski definition) is 10. The summed E-state index contributed by atoms with van der Waals surface area (Å²) in [4.78, 5) is 30.2. The third-order valence-electron chi connectivity index (χ3n) is 6.49. The number of likely N-dealkylation sites (N-methyl/N-ethyl adjacent to an activating group) is 1. The van der Waals surface area contributed by atoms with Crippen LogP contribution in [-0.2, 0) is 30.1 Å². The van der Waals surface area contributed by atoms with Gasteiger partial charge in [0.1, 0.15) is 17.2 Å². The highest BCUT2D eigenvalue weighted by Gasteiger charge is 2.40. The molecule has 2 N–H and O–H groups in total. The van der Waals surface area contributed by atoms with Gasteiger partial charge in [-0.3, -0.25) is 9.59 Å². The number of sulfonamides is 1. The van der Waals surface area contributed by atoms with E-state index in [0.717, 1.165) is 21.9 Å². The average molecular weight is 627 g/mol. The summed E-state index contributed by atoms with van der Waals surface area (Å²) in [7, 11) is 1.98. The molecule has 13 heteroatoms. The number of anilines is 1. The van der Waals surface area contributed by atoms with Gasteiger partial charge in [-0.15, -0.1) is 11.8 Å². The first-order valence-electron chi connectivity index (χ1n) is 13.3. The number of carbonyl (C=O) groups excluding carboxylic acids is 2. The normalized spacial score (nSPS) is 16.7. The van der Waals surface area contributed by atoms with E-state index in [0.29, 0.717) is 29.8 Å².